The van der Waals surface area contributed by atoms with Gasteiger partial charge in [0.2, 0.25) is 11.6 Å². The van der Waals surface area contributed by atoms with E-state index in [2.05, 4.69) is 15.0 Å². The lowest BCUT2D eigenvalue weighted by Gasteiger charge is -2.04. The zero-order valence-electron chi connectivity index (χ0n) is 11.4. The standard InChI is InChI=1S/C14H16N2O4/c1-18-13-6-3-10(8-16-13)7-15-9-11-4-5-12(20-11)14(17)19-2/h3-6,8,15H,7,9H2,1-2H3. The first kappa shape index (κ1) is 14.1. The Kier molecular flexibility index (Phi) is 4.73. The summed E-state index contributed by atoms with van der Waals surface area (Å²) in [6.07, 6.45) is 1.74. The van der Waals surface area contributed by atoms with E-state index < -0.39 is 5.97 Å². The molecule has 20 heavy (non-hydrogen) atoms. The average molecular weight is 276 g/mol. The quantitative estimate of drug-likeness (QED) is 0.810. The third kappa shape index (κ3) is 3.58. The van der Waals surface area contributed by atoms with Gasteiger partial charge in [0, 0.05) is 18.8 Å². The summed E-state index contributed by atoms with van der Waals surface area (Å²) in [5.41, 5.74) is 1.03. The van der Waals surface area contributed by atoms with Crippen LogP contribution in [0.2, 0.25) is 0 Å². The minimum absolute atomic E-state index is 0.204. The number of hydrogen-bond donors (Lipinski definition) is 1. The number of pyridine rings is 1. The highest BCUT2D eigenvalue weighted by molar-refractivity contribution is 5.86. The highest BCUT2D eigenvalue weighted by atomic mass is 16.5. The predicted octanol–water partition coefficient (Wildman–Crippen LogP) is 1.76. The van der Waals surface area contributed by atoms with Gasteiger partial charge in [-0.15, -0.1) is 0 Å². The van der Waals surface area contributed by atoms with E-state index in [-0.39, 0.29) is 5.76 Å². The molecule has 6 heteroatoms. The van der Waals surface area contributed by atoms with Gasteiger partial charge in [-0.2, -0.15) is 0 Å². The number of aromatic nitrogens is 1. The molecule has 0 radical (unpaired) electrons. The lowest BCUT2D eigenvalue weighted by molar-refractivity contribution is 0.0563. The molecule has 1 N–H and O–H groups in total. The Balaban J connectivity index is 1.83. The molecule has 106 valence electrons. The zero-order valence-corrected chi connectivity index (χ0v) is 11.4. The van der Waals surface area contributed by atoms with Crippen LogP contribution < -0.4 is 10.1 Å². The molecule has 2 aromatic heterocycles. The van der Waals surface area contributed by atoms with Gasteiger partial charge in [-0.05, 0) is 17.7 Å². The van der Waals surface area contributed by atoms with Crippen LogP contribution in [0.1, 0.15) is 21.9 Å². The Morgan fingerprint density at radius 1 is 1.25 bits per heavy atom. The molecule has 0 spiro atoms. The molecule has 6 nitrogen and oxygen atoms in total. The predicted molar refractivity (Wildman–Crippen MR) is 71.4 cm³/mol. The van der Waals surface area contributed by atoms with Gasteiger partial charge in [0.15, 0.2) is 0 Å². The largest absolute Gasteiger partial charge is 0.481 e. The van der Waals surface area contributed by atoms with E-state index in [9.17, 15) is 4.79 Å². The second kappa shape index (κ2) is 6.72. The molecule has 0 aliphatic rings. The van der Waals surface area contributed by atoms with Crippen molar-refractivity contribution in [2.45, 2.75) is 13.1 Å². The SMILES string of the molecule is COC(=O)c1ccc(CNCc2ccc(OC)nc2)o1. The van der Waals surface area contributed by atoms with E-state index in [0.29, 0.717) is 24.7 Å². The Bertz CT molecular complexity index is 563. The molecule has 2 heterocycles. The first-order valence-corrected chi connectivity index (χ1v) is 6.09. The van der Waals surface area contributed by atoms with Crippen molar-refractivity contribution in [3.8, 4) is 5.88 Å². The molecule has 0 fully saturated rings. The molecule has 0 aliphatic heterocycles. The summed E-state index contributed by atoms with van der Waals surface area (Å²) in [5.74, 6) is 0.986. The molecule has 0 unspecified atom stereocenters. The maximum absolute atomic E-state index is 11.2. The summed E-state index contributed by atoms with van der Waals surface area (Å²) in [6.45, 7) is 1.16. The highest BCUT2D eigenvalue weighted by Crippen LogP contribution is 2.10. The molecule has 0 saturated heterocycles. The molecule has 0 bridgehead atoms. The van der Waals surface area contributed by atoms with E-state index in [1.807, 2.05) is 6.07 Å². The molecule has 0 aromatic carbocycles. The first-order chi connectivity index (χ1) is 9.72. The van der Waals surface area contributed by atoms with Crippen LogP contribution in [0.5, 0.6) is 5.88 Å². The summed E-state index contributed by atoms with van der Waals surface area (Å²) in [7, 11) is 2.90. The van der Waals surface area contributed by atoms with Crippen LogP contribution in [0.25, 0.3) is 0 Å². The number of hydrogen-bond acceptors (Lipinski definition) is 6. The van der Waals surface area contributed by atoms with E-state index in [1.54, 1.807) is 31.5 Å². The van der Waals surface area contributed by atoms with Crippen LogP contribution in [0.3, 0.4) is 0 Å². The fraction of sp³-hybridized carbons (Fsp3) is 0.286. The molecular weight excluding hydrogens is 260 g/mol. The van der Waals surface area contributed by atoms with Gasteiger partial charge in [0.1, 0.15) is 5.76 Å². The van der Waals surface area contributed by atoms with Gasteiger partial charge in [-0.25, -0.2) is 9.78 Å². The summed E-state index contributed by atoms with van der Waals surface area (Å²) < 4.78 is 14.9. The number of carbonyl (C=O) groups excluding carboxylic acids is 1. The van der Waals surface area contributed by atoms with E-state index in [1.165, 1.54) is 7.11 Å². The number of nitrogens with one attached hydrogen (secondary N) is 1. The Hall–Kier alpha value is -2.34. The van der Waals surface area contributed by atoms with Crippen molar-refractivity contribution in [2.75, 3.05) is 14.2 Å². The van der Waals surface area contributed by atoms with E-state index in [0.717, 1.165) is 5.56 Å². The van der Waals surface area contributed by atoms with Crippen LogP contribution in [-0.4, -0.2) is 25.2 Å². The van der Waals surface area contributed by atoms with Gasteiger partial charge in [0.05, 0.1) is 20.8 Å². The van der Waals surface area contributed by atoms with E-state index >= 15 is 0 Å². The number of furan rings is 1. The molecule has 0 atom stereocenters. The van der Waals surface area contributed by atoms with Gasteiger partial charge in [-0.3, -0.25) is 0 Å². The highest BCUT2D eigenvalue weighted by Gasteiger charge is 2.10. The average Bonchev–Trinajstić information content (AvgIpc) is 2.96. The number of ether oxygens (including phenoxy) is 2. The monoisotopic (exact) mass is 276 g/mol. The number of methoxy groups -OCH3 is 2. The fourth-order valence-corrected chi connectivity index (χ4v) is 1.65. The molecular formula is C14H16N2O4. The third-order valence-electron chi connectivity index (χ3n) is 2.68. The van der Waals surface area contributed by atoms with Crippen molar-refractivity contribution >= 4 is 5.97 Å². The summed E-state index contributed by atoms with van der Waals surface area (Å²) >= 11 is 0. The molecule has 0 amide bonds. The number of carbonyl (C=O) groups is 1. The number of esters is 1. The van der Waals surface area contributed by atoms with Crippen molar-refractivity contribution in [3.05, 3.63) is 47.5 Å². The van der Waals surface area contributed by atoms with Crippen molar-refractivity contribution in [2.24, 2.45) is 0 Å². The van der Waals surface area contributed by atoms with Crippen LogP contribution in [-0.2, 0) is 17.8 Å². The first-order valence-electron chi connectivity index (χ1n) is 6.09. The molecule has 2 rings (SSSR count). The van der Waals surface area contributed by atoms with Crippen molar-refractivity contribution in [3.63, 3.8) is 0 Å². The van der Waals surface area contributed by atoms with Crippen LogP contribution in [0.4, 0.5) is 0 Å². The van der Waals surface area contributed by atoms with Crippen molar-refractivity contribution in [1.82, 2.24) is 10.3 Å². The van der Waals surface area contributed by atoms with Crippen molar-refractivity contribution < 1.29 is 18.7 Å². The van der Waals surface area contributed by atoms with Crippen LogP contribution in [0.15, 0.2) is 34.9 Å². The van der Waals surface area contributed by atoms with Crippen molar-refractivity contribution in [1.29, 1.82) is 0 Å². The Morgan fingerprint density at radius 2 is 2.10 bits per heavy atom. The molecule has 0 aliphatic carbocycles. The lowest BCUT2D eigenvalue weighted by atomic mass is 10.3. The van der Waals surface area contributed by atoms with E-state index in [4.69, 9.17) is 9.15 Å². The number of rotatable bonds is 6. The summed E-state index contributed by atoms with van der Waals surface area (Å²) in [4.78, 5) is 15.3. The maximum Gasteiger partial charge on any atom is 0.373 e. The zero-order chi connectivity index (χ0) is 14.4. The fourth-order valence-electron chi connectivity index (χ4n) is 1.65. The van der Waals surface area contributed by atoms with Gasteiger partial charge in [0.25, 0.3) is 0 Å². The minimum atomic E-state index is -0.476. The minimum Gasteiger partial charge on any atom is -0.481 e. The van der Waals surface area contributed by atoms with Gasteiger partial charge < -0.3 is 19.2 Å². The number of nitrogens with zero attached hydrogens (tertiary/aromatic N) is 1. The topological polar surface area (TPSA) is 73.6 Å². The second-order valence-electron chi connectivity index (χ2n) is 4.07. The third-order valence-corrected chi connectivity index (χ3v) is 2.68. The smallest absolute Gasteiger partial charge is 0.373 e. The Labute approximate surface area is 116 Å². The van der Waals surface area contributed by atoms with Crippen LogP contribution in [0, 0.1) is 0 Å². The molecule has 2 aromatic rings. The normalized spacial score (nSPS) is 10.3. The van der Waals surface area contributed by atoms with Gasteiger partial charge >= 0.3 is 5.97 Å². The second-order valence-corrected chi connectivity index (χ2v) is 4.07. The summed E-state index contributed by atoms with van der Waals surface area (Å²) in [5, 5.41) is 3.20. The molecule has 0 saturated carbocycles. The Morgan fingerprint density at radius 3 is 2.75 bits per heavy atom. The van der Waals surface area contributed by atoms with Crippen LogP contribution >= 0.6 is 0 Å². The lowest BCUT2D eigenvalue weighted by Crippen LogP contribution is -2.12. The summed E-state index contributed by atoms with van der Waals surface area (Å²) in [6, 6.07) is 7.07. The van der Waals surface area contributed by atoms with Gasteiger partial charge in [-0.1, -0.05) is 6.07 Å². The maximum atomic E-state index is 11.2.